The third kappa shape index (κ3) is 5.67. The lowest BCUT2D eigenvalue weighted by atomic mass is 9.46. The quantitative estimate of drug-likeness (QED) is 0.301. The Hall–Kier alpha value is -2.43. The molecule has 0 N–H and O–H groups in total. The number of fused-ring (bicyclic) bond motifs is 5. The van der Waals surface area contributed by atoms with Crippen molar-refractivity contribution >= 4 is 17.7 Å². The number of hydrogen-bond acceptors (Lipinski definition) is 5. The van der Waals surface area contributed by atoms with Gasteiger partial charge in [-0.2, -0.15) is 0 Å². The van der Waals surface area contributed by atoms with Crippen LogP contribution in [0.25, 0.3) is 0 Å². The smallest absolute Gasteiger partial charge is 0.338 e. The average Bonchev–Trinajstić information content (AvgIpc) is 3.28. The van der Waals surface area contributed by atoms with Crippen LogP contribution in [0.1, 0.15) is 110 Å². The molecule has 5 nitrogen and oxygen atoms in total. The van der Waals surface area contributed by atoms with Gasteiger partial charge in [0, 0.05) is 19.3 Å². The number of benzene rings is 1. The summed E-state index contributed by atoms with van der Waals surface area (Å²) in [6, 6.07) is 9.28. The molecule has 4 aliphatic rings. The van der Waals surface area contributed by atoms with Crippen LogP contribution < -0.4 is 0 Å². The van der Waals surface area contributed by atoms with Gasteiger partial charge in [0.15, 0.2) is 5.78 Å². The van der Waals surface area contributed by atoms with Gasteiger partial charge in [0.1, 0.15) is 12.2 Å². The monoisotopic (exact) mass is 562 g/mol. The SMILES string of the molecule is CC(=O)O[C@H]1CC[C@@]2(C)C(=CC(=O)C3C2CC[C@@]2(C)C3CC[C@@H]2[C@H](C)CC[C@@H](OC(=O)c2ccccc2)C(C)C)C1. The molecule has 0 amide bonds. The van der Waals surface area contributed by atoms with E-state index in [2.05, 4.69) is 34.6 Å². The predicted octanol–water partition coefficient (Wildman–Crippen LogP) is 7.97. The van der Waals surface area contributed by atoms with Gasteiger partial charge in [-0.1, -0.05) is 58.4 Å². The van der Waals surface area contributed by atoms with E-state index in [1.165, 1.54) is 25.3 Å². The first-order valence-electron chi connectivity index (χ1n) is 16.1. The molecule has 0 saturated heterocycles. The summed E-state index contributed by atoms with van der Waals surface area (Å²) in [7, 11) is 0. The Morgan fingerprint density at radius 1 is 0.951 bits per heavy atom. The highest BCUT2D eigenvalue weighted by Gasteiger charge is 2.61. The van der Waals surface area contributed by atoms with E-state index >= 15 is 0 Å². The number of hydrogen-bond donors (Lipinski definition) is 0. The third-order valence-corrected chi connectivity index (χ3v) is 11.9. The van der Waals surface area contributed by atoms with Crippen molar-refractivity contribution in [1.29, 1.82) is 0 Å². The Labute approximate surface area is 246 Å². The van der Waals surface area contributed by atoms with Crippen LogP contribution in [-0.4, -0.2) is 29.9 Å². The summed E-state index contributed by atoms with van der Waals surface area (Å²) in [5.41, 5.74) is 2.03. The van der Waals surface area contributed by atoms with E-state index in [1.807, 2.05) is 36.4 Å². The lowest BCUT2D eigenvalue weighted by molar-refractivity contribution is -0.149. The van der Waals surface area contributed by atoms with E-state index in [0.29, 0.717) is 41.4 Å². The van der Waals surface area contributed by atoms with E-state index in [0.717, 1.165) is 38.5 Å². The molecular formula is C36H50O5. The number of esters is 2. The molecule has 0 radical (unpaired) electrons. The van der Waals surface area contributed by atoms with Crippen molar-refractivity contribution in [3.8, 4) is 0 Å². The van der Waals surface area contributed by atoms with Gasteiger partial charge >= 0.3 is 11.9 Å². The minimum absolute atomic E-state index is 0.0351. The van der Waals surface area contributed by atoms with Gasteiger partial charge in [-0.3, -0.25) is 9.59 Å². The molecule has 5 rings (SSSR count). The molecule has 224 valence electrons. The molecule has 5 heteroatoms. The summed E-state index contributed by atoms with van der Waals surface area (Å²) in [6.45, 7) is 13.0. The second-order valence-corrected chi connectivity index (χ2v) is 14.5. The molecule has 3 fully saturated rings. The Morgan fingerprint density at radius 2 is 1.68 bits per heavy atom. The molecule has 41 heavy (non-hydrogen) atoms. The summed E-state index contributed by atoms with van der Waals surface area (Å²) >= 11 is 0. The molecule has 0 aromatic heterocycles. The van der Waals surface area contributed by atoms with Gasteiger partial charge < -0.3 is 9.47 Å². The van der Waals surface area contributed by atoms with Crippen molar-refractivity contribution in [3.63, 3.8) is 0 Å². The number of ether oxygens (including phenoxy) is 2. The van der Waals surface area contributed by atoms with Crippen molar-refractivity contribution < 1.29 is 23.9 Å². The van der Waals surface area contributed by atoms with Crippen LogP contribution in [-0.2, 0) is 19.1 Å². The van der Waals surface area contributed by atoms with Gasteiger partial charge in [0.2, 0.25) is 0 Å². The maximum absolute atomic E-state index is 13.8. The third-order valence-electron chi connectivity index (χ3n) is 11.9. The molecule has 1 aromatic carbocycles. The van der Waals surface area contributed by atoms with Gasteiger partial charge in [-0.25, -0.2) is 4.79 Å². The van der Waals surface area contributed by atoms with Crippen LogP contribution in [0.5, 0.6) is 0 Å². The van der Waals surface area contributed by atoms with Crippen molar-refractivity contribution in [1.82, 2.24) is 0 Å². The van der Waals surface area contributed by atoms with Crippen LogP contribution in [0.4, 0.5) is 0 Å². The first-order chi connectivity index (χ1) is 19.4. The second-order valence-electron chi connectivity index (χ2n) is 14.5. The minimum atomic E-state index is -0.234. The molecule has 0 bridgehead atoms. The number of ketones is 1. The fourth-order valence-electron chi connectivity index (χ4n) is 9.62. The lowest BCUT2D eigenvalue weighted by Gasteiger charge is -2.57. The summed E-state index contributed by atoms with van der Waals surface area (Å²) < 4.78 is 11.6. The van der Waals surface area contributed by atoms with Gasteiger partial charge in [0.25, 0.3) is 0 Å². The van der Waals surface area contributed by atoms with Crippen LogP contribution in [0, 0.1) is 46.3 Å². The van der Waals surface area contributed by atoms with E-state index in [-0.39, 0.29) is 46.8 Å². The van der Waals surface area contributed by atoms with E-state index in [4.69, 9.17) is 9.47 Å². The summed E-state index contributed by atoms with van der Waals surface area (Å²) in [4.78, 5) is 38.1. The van der Waals surface area contributed by atoms with Crippen LogP contribution in [0.2, 0.25) is 0 Å². The van der Waals surface area contributed by atoms with Gasteiger partial charge in [-0.15, -0.1) is 0 Å². The molecule has 3 unspecified atom stereocenters. The predicted molar refractivity (Wildman–Crippen MR) is 160 cm³/mol. The topological polar surface area (TPSA) is 69.7 Å². The fourth-order valence-corrected chi connectivity index (χ4v) is 9.62. The molecular weight excluding hydrogens is 512 g/mol. The molecule has 0 spiro atoms. The number of carbonyl (C=O) groups is 3. The summed E-state index contributed by atoms with van der Waals surface area (Å²) in [5.74, 6) is 2.14. The summed E-state index contributed by atoms with van der Waals surface area (Å²) in [5, 5.41) is 0. The zero-order chi connectivity index (χ0) is 29.5. The van der Waals surface area contributed by atoms with Crippen molar-refractivity contribution in [2.24, 2.45) is 46.3 Å². The van der Waals surface area contributed by atoms with E-state index < -0.39 is 0 Å². The van der Waals surface area contributed by atoms with Crippen molar-refractivity contribution in [2.45, 2.75) is 112 Å². The minimum Gasteiger partial charge on any atom is -0.462 e. The Bertz CT molecular complexity index is 1170. The zero-order valence-corrected chi connectivity index (χ0v) is 26.0. The van der Waals surface area contributed by atoms with Gasteiger partial charge in [-0.05, 0) is 110 Å². The number of rotatable bonds is 8. The lowest BCUT2D eigenvalue weighted by Crippen LogP contribution is -2.53. The van der Waals surface area contributed by atoms with E-state index in [1.54, 1.807) is 0 Å². The average molecular weight is 563 g/mol. The van der Waals surface area contributed by atoms with Crippen LogP contribution >= 0.6 is 0 Å². The molecule has 0 aliphatic heterocycles. The van der Waals surface area contributed by atoms with Crippen LogP contribution in [0.3, 0.4) is 0 Å². The molecule has 9 atom stereocenters. The molecule has 0 heterocycles. The van der Waals surface area contributed by atoms with Crippen molar-refractivity contribution in [3.05, 3.63) is 47.5 Å². The highest BCUT2D eigenvalue weighted by atomic mass is 16.5. The highest BCUT2D eigenvalue weighted by Crippen LogP contribution is 2.66. The molecule has 4 aliphatic carbocycles. The highest BCUT2D eigenvalue weighted by molar-refractivity contribution is 5.94. The Balaban J connectivity index is 1.26. The second kappa shape index (κ2) is 11.7. The molecule has 1 aromatic rings. The zero-order valence-electron chi connectivity index (χ0n) is 26.0. The fraction of sp³-hybridized carbons (Fsp3) is 0.694. The first-order valence-corrected chi connectivity index (χ1v) is 16.1. The Morgan fingerprint density at radius 3 is 2.37 bits per heavy atom. The largest absolute Gasteiger partial charge is 0.462 e. The molecule has 3 saturated carbocycles. The number of allylic oxidation sites excluding steroid dienone is 1. The van der Waals surface area contributed by atoms with E-state index in [9.17, 15) is 14.4 Å². The van der Waals surface area contributed by atoms with Crippen LogP contribution in [0.15, 0.2) is 42.0 Å². The van der Waals surface area contributed by atoms with Gasteiger partial charge in [0.05, 0.1) is 5.56 Å². The number of carbonyl (C=O) groups excluding carboxylic acids is 3. The maximum atomic E-state index is 13.8. The first kappa shape index (κ1) is 30.0. The summed E-state index contributed by atoms with van der Waals surface area (Å²) in [6.07, 6.45) is 10.8. The normalized spacial score (nSPS) is 35.9. The Kier molecular flexibility index (Phi) is 8.56. The standard InChI is InChI=1S/C36H50O5/c1-22(2)32(41-34(39)25-10-8-7-9-11-25)15-12-23(3)28-13-14-29-33-30(17-19-36(28,29)6)35(5)18-16-27(40-24(4)37)20-26(35)21-31(33)38/h7-11,21-23,27-30,32-33H,12-20H2,1-6H3/t23-,27+,28-,29?,30?,32-,33?,35+,36-/m1/s1. The maximum Gasteiger partial charge on any atom is 0.338 e. The van der Waals surface area contributed by atoms with Crippen molar-refractivity contribution in [2.75, 3.05) is 0 Å².